The number of rotatable bonds is 7. The fourth-order valence-corrected chi connectivity index (χ4v) is 2.18. The zero-order valence-corrected chi connectivity index (χ0v) is 11.5. The Balaban J connectivity index is 2.39. The zero-order valence-electron chi connectivity index (χ0n) is 11.5. The van der Waals surface area contributed by atoms with Crippen molar-refractivity contribution >= 4 is 0 Å². The van der Waals surface area contributed by atoms with Gasteiger partial charge in [0.05, 0.1) is 6.10 Å². The molecule has 17 heavy (non-hydrogen) atoms. The van der Waals surface area contributed by atoms with Gasteiger partial charge in [-0.2, -0.15) is 0 Å². The second-order valence-electron chi connectivity index (χ2n) is 5.14. The molecule has 0 spiro atoms. The predicted molar refractivity (Wildman–Crippen MR) is 74.4 cm³/mol. The summed E-state index contributed by atoms with van der Waals surface area (Å²) in [5, 5.41) is 10.0. The van der Waals surface area contributed by atoms with Crippen LogP contribution in [0, 0.1) is 13.8 Å². The van der Waals surface area contributed by atoms with Gasteiger partial charge < -0.3 is 5.11 Å². The largest absolute Gasteiger partial charge is 0.393 e. The van der Waals surface area contributed by atoms with Crippen molar-refractivity contribution in [3.05, 3.63) is 34.9 Å². The van der Waals surface area contributed by atoms with Crippen LogP contribution in [0.2, 0.25) is 0 Å². The van der Waals surface area contributed by atoms with Crippen LogP contribution >= 0.6 is 0 Å². The van der Waals surface area contributed by atoms with Crippen molar-refractivity contribution < 1.29 is 5.11 Å². The van der Waals surface area contributed by atoms with Crippen molar-refractivity contribution in [2.24, 2.45) is 0 Å². The highest BCUT2D eigenvalue weighted by molar-refractivity contribution is 5.30. The third-order valence-electron chi connectivity index (χ3n) is 3.35. The minimum absolute atomic E-state index is 0.174. The van der Waals surface area contributed by atoms with E-state index in [1.54, 1.807) is 0 Å². The molecule has 1 heteroatoms. The van der Waals surface area contributed by atoms with Crippen molar-refractivity contribution in [3.63, 3.8) is 0 Å². The summed E-state index contributed by atoms with van der Waals surface area (Å²) in [5.41, 5.74) is 3.87. The molecule has 0 fully saturated rings. The molecule has 0 aliphatic rings. The lowest BCUT2D eigenvalue weighted by Crippen LogP contribution is -2.11. The minimum Gasteiger partial charge on any atom is -0.393 e. The number of aliphatic hydroxyl groups excluding tert-OH is 1. The van der Waals surface area contributed by atoms with Crippen LogP contribution in [-0.2, 0) is 6.42 Å². The molecule has 1 aromatic carbocycles. The van der Waals surface area contributed by atoms with Crippen LogP contribution in [-0.4, -0.2) is 11.2 Å². The summed E-state index contributed by atoms with van der Waals surface area (Å²) in [7, 11) is 0. The Kier molecular flexibility index (Phi) is 6.28. The highest BCUT2D eigenvalue weighted by Crippen LogP contribution is 2.15. The van der Waals surface area contributed by atoms with Gasteiger partial charge in [0.15, 0.2) is 0 Å². The normalized spacial score (nSPS) is 12.7. The van der Waals surface area contributed by atoms with E-state index in [9.17, 15) is 5.11 Å². The van der Waals surface area contributed by atoms with E-state index in [-0.39, 0.29) is 6.10 Å². The Morgan fingerprint density at radius 3 is 2.59 bits per heavy atom. The van der Waals surface area contributed by atoms with E-state index in [0.717, 1.165) is 19.3 Å². The Hall–Kier alpha value is -0.820. The first kappa shape index (κ1) is 14.2. The van der Waals surface area contributed by atoms with E-state index in [0.29, 0.717) is 0 Å². The van der Waals surface area contributed by atoms with Crippen molar-refractivity contribution in [2.45, 2.75) is 65.4 Å². The summed E-state index contributed by atoms with van der Waals surface area (Å²) in [6, 6.07) is 6.48. The van der Waals surface area contributed by atoms with Gasteiger partial charge in [-0.3, -0.25) is 0 Å². The van der Waals surface area contributed by atoms with E-state index >= 15 is 0 Å². The van der Waals surface area contributed by atoms with E-state index < -0.39 is 0 Å². The molecule has 0 bridgehead atoms. The Bertz CT molecular complexity index is 330. The predicted octanol–water partition coefficient (Wildman–Crippen LogP) is 4.18. The van der Waals surface area contributed by atoms with Crippen LogP contribution in [0.5, 0.6) is 0 Å². The number of aryl methyl sites for hydroxylation is 2. The molecule has 0 aliphatic heterocycles. The molecule has 1 atom stereocenters. The van der Waals surface area contributed by atoms with Crippen LogP contribution in [0.3, 0.4) is 0 Å². The molecule has 0 saturated heterocycles. The summed E-state index contributed by atoms with van der Waals surface area (Å²) < 4.78 is 0. The number of hydrogen-bond acceptors (Lipinski definition) is 1. The Morgan fingerprint density at radius 2 is 1.88 bits per heavy atom. The average molecular weight is 234 g/mol. The SMILES string of the molecule is CCCCCCC(O)Cc1cc(C)ccc1C. The van der Waals surface area contributed by atoms with Crippen LogP contribution in [0.4, 0.5) is 0 Å². The monoisotopic (exact) mass is 234 g/mol. The zero-order chi connectivity index (χ0) is 12.7. The molecule has 1 unspecified atom stereocenters. The second-order valence-corrected chi connectivity index (χ2v) is 5.14. The molecule has 0 aromatic heterocycles. The molecule has 1 nitrogen and oxygen atoms in total. The van der Waals surface area contributed by atoms with Crippen molar-refractivity contribution in [1.29, 1.82) is 0 Å². The van der Waals surface area contributed by atoms with Gasteiger partial charge >= 0.3 is 0 Å². The van der Waals surface area contributed by atoms with Crippen LogP contribution < -0.4 is 0 Å². The smallest absolute Gasteiger partial charge is 0.0580 e. The maximum Gasteiger partial charge on any atom is 0.0580 e. The summed E-state index contributed by atoms with van der Waals surface area (Å²) in [6.07, 6.45) is 6.52. The van der Waals surface area contributed by atoms with E-state index in [4.69, 9.17) is 0 Å². The van der Waals surface area contributed by atoms with Gasteiger partial charge in [0.1, 0.15) is 0 Å². The number of hydrogen-bond donors (Lipinski definition) is 1. The van der Waals surface area contributed by atoms with Gasteiger partial charge in [-0.05, 0) is 37.8 Å². The number of unbranched alkanes of at least 4 members (excludes halogenated alkanes) is 3. The lowest BCUT2D eigenvalue weighted by atomic mass is 9.97. The molecule has 0 amide bonds. The average Bonchev–Trinajstić information content (AvgIpc) is 2.29. The van der Waals surface area contributed by atoms with Gasteiger partial charge in [0.2, 0.25) is 0 Å². The fraction of sp³-hybridized carbons (Fsp3) is 0.625. The second kappa shape index (κ2) is 7.50. The maximum absolute atomic E-state index is 10.0. The summed E-state index contributed by atoms with van der Waals surface area (Å²) in [6.45, 7) is 6.45. The topological polar surface area (TPSA) is 20.2 Å². The third-order valence-corrected chi connectivity index (χ3v) is 3.35. The fourth-order valence-electron chi connectivity index (χ4n) is 2.18. The van der Waals surface area contributed by atoms with Gasteiger partial charge in [-0.25, -0.2) is 0 Å². The van der Waals surface area contributed by atoms with E-state index in [2.05, 4.69) is 39.0 Å². The standard InChI is InChI=1S/C16H26O/c1-4-5-6-7-8-16(17)12-15-11-13(2)9-10-14(15)3/h9-11,16-17H,4-8,12H2,1-3H3. The highest BCUT2D eigenvalue weighted by Gasteiger charge is 2.07. The summed E-state index contributed by atoms with van der Waals surface area (Å²) in [4.78, 5) is 0. The molecule has 1 rings (SSSR count). The molecule has 0 heterocycles. The molecule has 0 radical (unpaired) electrons. The van der Waals surface area contributed by atoms with Gasteiger partial charge in [-0.15, -0.1) is 0 Å². The van der Waals surface area contributed by atoms with Crippen LogP contribution in [0.1, 0.15) is 55.7 Å². The molecule has 0 saturated carbocycles. The molecule has 0 aliphatic carbocycles. The van der Waals surface area contributed by atoms with E-state index in [1.807, 2.05) is 0 Å². The van der Waals surface area contributed by atoms with E-state index in [1.165, 1.54) is 36.0 Å². The Labute approximate surface area is 106 Å². The first-order chi connectivity index (χ1) is 8.13. The van der Waals surface area contributed by atoms with Crippen LogP contribution in [0.25, 0.3) is 0 Å². The first-order valence-electron chi connectivity index (χ1n) is 6.87. The number of aliphatic hydroxyl groups is 1. The molecular formula is C16H26O. The van der Waals surface area contributed by atoms with Crippen molar-refractivity contribution in [2.75, 3.05) is 0 Å². The first-order valence-corrected chi connectivity index (χ1v) is 6.87. The molecular weight excluding hydrogens is 208 g/mol. The summed E-state index contributed by atoms with van der Waals surface area (Å²) >= 11 is 0. The Morgan fingerprint density at radius 1 is 1.12 bits per heavy atom. The van der Waals surface area contributed by atoms with Gasteiger partial charge in [0.25, 0.3) is 0 Å². The summed E-state index contributed by atoms with van der Waals surface area (Å²) in [5.74, 6) is 0. The molecule has 1 aromatic rings. The minimum atomic E-state index is -0.174. The van der Waals surface area contributed by atoms with Crippen LogP contribution in [0.15, 0.2) is 18.2 Å². The van der Waals surface area contributed by atoms with Gasteiger partial charge in [-0.1, -0.05) is 56.4 Å². The molecule has 1 N–H and O–H groups in total. The van der Waals surface area contributed by atoms with Crippen molar-refractivity contribution in [3.8, 4) is 0 Å². The quantitative estimate of drug-likeness (QED) is 0.702. The highest BCUT2D eigenvalue weighted by atomic mass is 16.3. The number of benzene rings is 1. The lowest BCUT2D eigenvalue weighted by molar-refractivity contribution is 0.160. The molecule has 96 valence electrons. The van der Waals surface area contributed by atoms with Gasteiger partial charge in [0, 0.05) is 0 Å². The third kappa shape index (κ3) is 5.36. The maximum atomic E-state index is 10.0. The lowest BCUT2D eigenvalue weighted by Gasteiger charge is -2.13. The van der Waals surface area contributed by atoms with Crippen molar-refractivity contribution in [1.82, 2.24) is 0 Å².